The number of rotatable bonds is 6. The molecular weight excluding hydrogens is 266 g/mol. The Balaban J connectivity index is 2.05. The third-order valence-corrected chi connectivity index (χ3v) is 3.66. The van der Waals surface area contributed by atoms with E-state index >= 15 is 0 Å². The molecule has 2 N–H and O–H groups in total. The van der Waals surface area contributed by atoms with E-state index in [1.807, 2.05) is 13.8 Å². The molecule has 6 heteroatoms. The number of hydrogen-bond acceptors (Lipinski definition) is 6. The first kappa shape index (κ1) is 15.8. The van der Waals surface area contributed by atoms with Gasteiger partial charge >= 0.3 is 6.01 Å². The van der Waals surface area contributed by atoms with Crippen molar-refractivity contribution < 1.29 is 4.74 Å². The minimum Gasteiger partial charge on any atom is -0.464 e. The van der Waals surface area contributed by atoms with Crippen molar-refractivity contribution in [3.8, 4) is 6.01 Å². The molecule has 0 amide bonds. The van der Waals surface area contributed by atoms with Crippen LogP contribution in [-0.2, 0) is 0 Å². The van der Waals surface area contributed by atoms with Gasteiger partial charge in [-0.15, -0.1) is 0 Å². The summed E-state index contributed by atoms with van der Waals surface area (Å²) in [5.74, 6) is 1.19. The maximum absolute atomic E-state index is 5.43. The fourth-order valence-electron chi connectivity index (χ4n) is 2.63. The Morgan fingerprint density at radius 2 is 1.62 bits per heavy atom. The zero-order valence-electron chi connectivity index (χ0n) is 13.2. The molecule has 1 aromatic rings. The number of ether oxygens (including phenoxy) is 1. The van der Waals surface area contributed by atoms with Crippen LogP contribution in [0.2, 0.25) is 0 Å². The SMILES string of the molecule is CCNc1nc(NC2CCCCCCC2)nc(OCC)n1. The van der Waals surface area contributed by atoms with Crippen LogP contribution in [0.1, 0.15) is 58.8 Å². The summed E-state index contributed by atoms with van der Waals surface area (Å²) in [6, 6.07) is 0.841. The van der Waals surface area contributed by atoms with Crippen LogP contribution in [0, 0.1) is 0 Å². The highest BCUT2D eigenvalue weighted by atomic mass is 16.5. The van der Waals surface area contributed by atoms with Crippen molar-refractivity contribution in [3.63, 3.8) is 0 Å². The Labute approximate surface area is 127 Å². The number of hydrogen-bond donors (Lipinski definition) is 2. The van der Waals surface area contributed by atoms with Gasteiger partial charge in [-0.25, -0.2) is 0 Å². The van der Waals surface area contributed by atoms with Gasteiger partial charge in [0.25, 0.3) is 0 Å². The predicted octanol–water partition coefficient (Wildman–Crippen LogP) is 3.23. The first-order chi connectivity index (χ1) is 10.3. The van der Waals surface area contributed by atoms with Crippen LogP contribution in [0.3, 0.4) is 0 Å². The maximum Gasteiger partial charge on any atom is 0.323 e. The summed E-state index contributed by atoms with van der Waals surface area (Å²) in [6.07, 6.45) is 8.97. The summed E-state index contributed by atoms with van der Waals surface area (Å²) in [5, 5.41) is 6.59. The van der Waals surface area contributed by atoms with E-state index in [9.17, 15) is 0 Å². The van der Waals surface area contributed by atoms with E-state index in [-0.39, 0.29) is 0 Å². The Kier molecular flexibility index (Phi) is 6.50. The molecule has 0 aliphatic heterocycles. The van der Waals surface area contributed by atoms with Gasteiger partial charge in [-0.1, -0.05) is 32.1 Å². The number of anilines is 2. The van der Waals surface area contributed by atoms with E-state index < -0.39 is 0 Å². The third kappa shape index (κ3) is 5.36. The normalized spacial score (nSPS) is 16.9. The van der Waals surface area contributed by atoms with Crippen LogP contribution in [0.25, 0.3) is 0 Å². The molecule has 0 unspecified atom stereocenters. The Morgan fingerprint density at radius 1 is 0.952 bits per heavy atom. The molecule has 0 atom stereocenters. The van der Waals surface area contributed by atoms with E-state index in [1.54, 1.807) is 0 Å². The Bertz CT molecular complexity index is 394. The number of aromatic nitrogens is 3. The molecule has 0 spiro atoms. The minimum absolute atomic E-state index is 0.386. The molecular formula is C15H27N5O. The van der Waals surface area contributed by atoms with Crippen molar-refractivity contribution in [1.29, 1.82) is 0 Å². The van der Waals surface area contributed by atoms with Crippen LogP contribution in [0.15, 0.2) is 0 Å². The second kappa shape index (κ2) is 8.64. The lowest BCUT2D eigenvalue weighted by atomic mass is 9.97. The fourth-order valence-corrected chi connectivity index (χ4v) is 2.63. The molecule has 0 radical (unpaired) electrons. The Hall–Kier alpha value is -1.59. The van der Waals surface area contributed by atoms with Crippen LogP contribution >= 0.6 is 0 Å². The van der Waals surface area contributed by atoms with Gasteiger partial charge in [0.05, 0.1) is 6.61 Å². The van der Waals surface area contributed by atoms with Gasteiger partial charge in [0.2, 0.25) is 11.9 Å². The van der Waals surface area contributed by atoms with Crippen LogP contribution < -0.4 is 15.4 Å². The average Bonchev–Trinajstić information content (AvgIpc) is 2.42. The van der Waals surface area contributed by atoms with Gasteiger partial charge in [0.1, 0.15) is 0 Å². The van der Waals surface area contributed by atoms with Gasteiger partial charge < -0.3 is 15.4 Å². The quantitative estimate of drug-likeness (QED) is 0.839. The van der Waals surface area contributed by atoms with Crippen LogP contribution in [0.4, 0.5) is 11.9 Å². The highest BCUT2D eigenvalue weighted by Crippen LogP contribution is 2.20. The van der Waals surface area contributed by atoms with E-state index in [1.165, 1.54) is 44.9 Å². The van der Waals surface area contributed by atoms with Crippen molar-refractivity contribution in [2.75, 3.05) is 23.8 Å². The van der Waals surface area contributed by atoms with Gasteiger partial charge in [0.15, 0.2) is 0 Å². The fraction of sp³-hybridized carbons (Fsp3) is 0.800. The van der Waals surface area contributed by atoms with Crippen molar-refractivity contribution in [1.82, 2.24) is 15.0 Å². The molecule has 1 heterocycles. The highest BCUT2D eigenvalue weighted by Gasteiger charge is 2.14. The monoisotopic (exact) mass is 293 g/mol. The summed E-state index contributed by atoms with van der Waals surface area (Å²) in [6.45, 7) is 5.28. The van der Waals surface area contributed by atoms with Crippen molar-refractivity contribution in [3.05, 3.63) is 0 Å². The van der Waals surface area contributed by atoms with Crippen LogP contribution in [0.5, 0.6) is 6.01 Å². The zero-order valence-corrected chi connectivity index (χ0v) is 13.2. The molecule has 1 aliphatic carbocycles. The number of nitrogens with one attached hydrogen (secondary N) is 2. The van der Waals surface area contributed by atoms with Crippen molar-refractivity contribution >= 4 is 11.9 Å². The molecule has 1 aliphatic rings. The Morgan fingerprint density at radius 3 is 2.29 bits per heavy atom. The van der Waals surface area contributed by atoms with Crippen molar-refractivity contribution in [2.45, 2.75) is 64.8 Å². The molecule has 0 saturated heterocycles. The molecule has 1 aromatic heterocycles. The minimum atomic E-state index is 0.386. The first-order valence-electron chi connectivity index (χ1n) is 8.21. The van der Waals surface area contributed by atoms with E-state index in [2.05, 4.69) is 25.6 Å². The van der Waals surface area contributed by atoms with E-state index in [4.69, 9.17) is 4.74 Å². The first-order valence-corrected chi connectivity index (χ1v) is 8.21. The molecule has 6 nitrogen and oxygen atoms in total. The molecule has 1 fully saturated rings. The van der Waals surface area contributed by atoms with Gasteiger partial charge in [-0.05, 0) is 26.7 Å². The zero-order chi connectivity index (χ0) is 14.9. The molecule has 0 aromatic carbocycles. The number of nitrogens with zero attached hydrogens (tertiary/aromatic N) is 3. The second-order valence-corrected chi connectivity index (χ2v) is 5.41. The summed E-state index contributed by atoms with van der Waals surface area (Å²) >= 11 is 0. The smallest absolute Gasteiger partial charge is 0.323 e. The molecule has 0 bridgehead atoms. The van der Waals surface area contributed by atoms with Gasteiger partial charge in [-0.3, -0.25) is 0 Å². The second-order valence-electron chi connectivity index (χ2n) is 5.41. The summed E-state index contributed by atoms with van der Waals surface area (Å²) in [4.78, 5) is 13.0. The standard InChI is InChI=1S/C15H27N5O/c1-3-16-13-18-14(20-15(19-13)21-4-2)17-12-10-8-6-5-7-9-11-12/h12H,3-11H2,1-2H3,(H2,16,17,18,19,20). The van der Waals surface area contributed by atoms with E-state index in [0.29, 0.717) is 30.6 Å². The lowest BCUT2D eigenvalue weighted by molar-refractivity contribution is 0.312. The third-order valence-electron chi connectivity index (χ3n) is 3.66. The molecule has 1 saturated carbocycles. The largest absolute Gasteiger partial charge is 0.464 e. The summed E-state index contributed by atoms with van der Waals surface area (Å²) < 4.78 is 5.43. The lowest BCUT2D eigenvalue weighted by Gasteiger charge is -2.21. The lowest BCUT2D eigenvalue weighted by Crippen LogP contribution is -2.22. The summed E-state index contributed by atoms with van der Waals surface area (Å²) in [7, 11) is 0. The maximum atomic E-state index is 5.43. The van der Waals surface area contributed by atoms with Gasteiger partial charge in [-0.2, -0.15) is 15.0 Å². The van der Waals surface area contributed by atoms with Crippen LogP contribution in [-0.4, -0.2) is 34.1 Å². The molecule has 21 heavy (non-hydrogen) atoms. The molecule has 118 valence electrons. The average molecular weight is 293 g/mol. The van der Waals surface area contributed by atoms with Gasteiger partial charge in [0, 0.05) is 12.6 Å². The summed E-state index contributed by atoms with van der Waals surface area (Å²) in [5.41, 5.74) is 0. The highest BCUT2D eigenvalue weighted by molar-refractivity contribution is 5.36. The topological polar surface area (TPSA) is 72.0 Å². The van der Waals surface area contributed by atoms with E-state index in [0.717, 1.165) is 6.54 Å². The molecule has 2 rings (SSSR count). The predicted molar refractivity (Wildman–Crippen MR) is 84.9 cm³/mol. The van der Waals surface area contributed by atoms with Crippen molar-refractivity contribution in [2.24, 2.45) is 0 Å².